The minimum absolute atomic E-state index is 0.701. The zero-order chi connectivity index (χ0) is 10.4. The van der Waals surface area contributed by atoms with Crippen LogP contribution in [0.3, 0.4) is 0 Å². The minimum atomic E-state index is 0.701. The van der Waals surface area contributed by atoms with Crippen LogP contribution in [0.15, 0.2) is 30.9 Å². The molecule has 0 saturated heterocycles. The van der Waals surface area contributed by atoms with Crippen molar-refractivity contribution in [2.24, 2.45) is 0 Å². The zero-order valence-corrected chi connectivity index (χ0v) is 8.97. The maximum Gasteiger partial charge on any atom is 0.142 e. The van der Waals surface area contributed by atoms with Gasteiger partial charge in [-0.2, -0.15) is 0 Å². The molecule has 0 aliphatic carbocycles. The first-order valence-electron chi connectivity index (χ1n) is 4.46. The van der Waals surface area contributed by atoms with E-state index in [1.165, 1.54) is 0 Å². The lowest BCUT2D eigenvalue weighted by Gasteiger charge is -2.10. The van der Waals surface area contributed by atoms with Crippen LogP contribution in [0.5, 0.6) is 5.75 Å². The predicted octanol–water partition coefficient (Wildman–Crippen LogP) is 3.34. The quantitative estimate of drug-likeness (QED) is 0.596. The van der Waals surface area contributed by atoms with Crippen molar-refractivity contribution in [3.8, 4) is 5.75 Å². The second-order valence-corrected chi connectivity index (χ2v) is 3.29. The highest BCUT2D eigenvalue weighted by Crippen LogP contribution is 2.27. The highest BCUT2D eigenvalue weighted by Gasteiger charge is 2.01. The van der Waals surface area contributed by atoms with Crippen LogP contribution in [0.25, 0.3) is 0 Å². The number of methoxy groups -OCH3 is 1. The highest BCUT2D eigenvalue weighted by atomic mass is 35.5. The summed E-state index contributed by atoms with van der Waals surface area (Å²) in [5.74, 6) is 0.804. The van der Waals surface area contributed by atoms with Gasteiger partial charge >= 0.3 is 0 Å². The zero-order valence-electron chi connectivity index (χ0n) is 8.22. The lowest BCUT2D eigenvalue weighted by Crippen LogP contribution is -2.01. The first-order chi connectivity index (χ1) is 6.77. The molecule has 2 nitrogen and oxygen atoms in total. The van der Waals surface area contributed by atoms with Gasteiger partial charge in [0.15, 0.2) is 0 Å². The van der Waals surface area contributed by atoms with E-state index in [2.05, 4.69) is 11.9 Å². The SMILES string of the molecule is C=CCCNc1cc(Cl)ccc1OC. The summed E-state index contributed by atoms with van der Waals surface area (Å²) in [5.41, 5.74) is 0.918. The van der Waals surface area contributed by atoms with Crippen molar-refractivity contribution in [2.45, 2.75) is 6.42 Å². The van der Waals surface area contributed by atoms with Gasteiger partial charge in [-0.3, -0.25) is 0 Å². The summed E-state index contributed by atoms with van der Waals surface area (Å²) in [6.07, 6.45) is 2.78. The maximum absolute atomic E-state index is 5.87. The van der Waals surface area contributed by atoms with Crippen molar-refractivity contribution in [3.63, 3.8) is 0 Å². The molecule has 1 aromatic carbocycles. The van der Waals surface area contributed by atoms with Crippen LogP contribution < -0.4 is 10.1 Å². The van der Waals surface area contributed by atoms with E-state index >= 15 is 0 Å². The Morgan fingerprint density at radius 3 is 3.00 bits per heavy atom. The summed E-state index contributed by atoms with van der Waals surface area (Å²) in [4.78, 5) is 0. The van der Waals surface area contributed by atoms with Crippen molar-refractivity contribution in [3.05, 3.63) is 35.9 Å². The van der Waals surface area contributed by atoms with Crippen molar-refractivity contribution >= 4 is 17.3 Å². The molecule has 1 aromatic rings. The third-order valence-corrected chi connectivity index (χ3v) is 2.06. The molecule has 0 atom stereocenters. The van der Waals surface area contributed by atoms with Crippen LogP contribution in [-0.2, 0) is 0 Å². The second-order valence-electron chi connectivity index (χ2n) is 2.85. The molecule has 0 bridgehead atoms. The fourth-order valence-corrected chi connectivity index (χ4v) is 1.30. The van der Waals surface area contributed by atoms with Gasteiger partial charge in [0.2, 0.25) is 0 Å². The monoisotopic (exact) mass is 211 g/mol. The molecule has 0 aliphatic heterocycles. The van der Waals surface area contributed by atoms with Gasteiger partial charge in [0.05, 0.1) is 12.8 Å². The van der Waals surface area contributed by atoms with Crippen LogP contribution in [0.1, 0.15) is 6.42 Å². The number of halogens is 1. The van der Waals surface area contributed by atoms with Crippen molar-refractivity contribution in [1.29, 1.82) is 0 Å². The van der Waals surface area contributed by atoms with Gasteiger partial charge in [0.25, 0.3) is 0 Å². The largest absolute Gasteiger partial charge is 0.495 e. The average Bonchev–Trinajstić information content (AvgIpc) is 2.19. The summed E-state index contributed by atoms with van der Waals surface area (Å²) in [6.45, 7) is 4.49. The van der Waals surface area contributed by atoms with Gasteiger partial charge in [-0.25, -0.2) is 0 Å². The Balaban J connectivity index is 2.71. The Bertz CT molecular complexity index is 312. The molecule has 0 amide bonds. The fraction of sp³-hybridized carbons (Fsp3) is 0.273. The van der Waals surface area contributed by atoms with E-state index in [0.717, 1.165) is 24.4 Å². The number of rotatable bonds is 5. The number of nitrogens with one attached hydrogen (secondary N) is 1. The minimum Gasteiger partial charge on any atom is -0.495 e. The van der Waals surface area contributed by atoms with E-state index in [4.69, 9.17) is 16.3 Å². The van der Waals surface area contributed by atoms with Gasteiger partial charge in [-0.1, -0.05) is 17.7 Å². The van der Waals surface area contributed by atoms with Crippen LogP contribution >= 0.6 is 11.6 Å². The number of ether oxygens (including phenoxy) is 1. The molecule has 0 heterocycles. The van der Waals surface area contributed by atoms with Crippen molar-refractivity contribution in [1.82, 2.24) is 0 Å². The molecule has 0 radical (unpaired) electrons. The molecule has 0 fully saturated rings. The molecule has 0 aliphatic rings. The summed E-state index contributed by atoms with van der Waals surface area (Å²) in [7, 11) is 1.64. The topological polar surface area (TPSA) is 21.3 Å². The third kappa shape index (κ3) is 2.96. The summed E-state index contributed by atoms with van der Waals surface area (Å²) in [5, 5.41) is 3.93. The Kier molecular flexibility index (Phi) is 4.33. The molecule has 1 rings (SSSR count). The van der Waals surface area contributed by atoms with Gasteiger partial charge < -0.3 is 10.1 Å². The summed E-state index contributed by atoms with van der Waals surface area (Å²) in [6, 6.07) is 5.50. The molecule has 14 heavy (non-hydrogen) atoms. The standard InChI is InChI=1S/C11H14ClNO/c1-3-4-7-13-10-8-9(12)5-6-11(10)14-2/h3,5-6,8,13H,1,4,7H2,2H3. The normalized spacial score (nSPS) is 9.57. The van der Waals surface area contributed by atoms with Gasteiger partial charge in [-0.15, -0.1) is 6.58 Å². The highest BCUT2D eigenvalue weighted by molar-refractivity contribution is 6.30. The number of hydrogen-bond acceptors (Lipinski definition) is 2. The van der Waals surface area contributed by atoms with Crippen LogP contribution in [-0.4, -0.2) is 13.7 Å². The van der Waals surface area contributed by atoms with E-state index in [9.17, 15) is 0 Å². The van der Waals surface area contributed by atoms with Crippen LogP contribution in [0.2, 0.25) is 5.02 Å². The van der Waals surface area contributed by atoms with E-state index in [1.54, 1.807) is 13.2 Å². The Morgan fingerprint density at radius 1 is 1.57 bits per heavy atom. The van der Waals surface area contributed by atoms with Crippen LogP contribution in [0, 0.1) is 0 Å². The van der Waals surface area contributed by atoms with Gasteiger partial charge in [0.1, 0.15) is 5.75 Å². The van der Waals surface area contributed by atoms with Gasteiger partial charge in [0, 0.05) is 11.6 Å². The van der Waals surface area contributed by atoms with E-state index in [-0.39, 0.29) is 0 Å². The molecule has 1 N–H and O–H groups in total. The molecule has 0 aromatic heterocycles. The number of anilines is 1. The fourth-order valence-electron chi connectivity index (χ4n) is 1.13. The van der Waals surface area contributed by atoms with E-state index < -0.39 is 0 Å². The Morgan fingerprint density at radius 2 is 2.36 bits per heavy atom. The number of benzene rings is 1. The van der Waals surface area contributed by atoms with E-state index in [1.807, 2.05) is 18.2 Å². The third-order valence-electron chi connectivity index (χ3n) is 1.83. The molecule has 76 valence electrons. The van der Waals surface area contributed by atoms with Gasteiger partial charge in [-0.05, 0) is 24.6 Å². The Labute approximate surface area is 89.5 Å². The molecule has 3 heteroatoms. The lowest BCUT2D eigenvalue weighted by atomic mass is 10.3. The first-order valence-corrected chi connectivity index (χ1v) is 4.84. The van der Waals surface area contributed by atoms with E-state index in [0.29, 0.717) is 5.02 Å². The molecular weight excluding hydrogens is 198 g/mol. The maximum atomic E-state index is 5.87. The lowest BCUT2D eigenvalue weighted by molar-refractivity contribution is 0.416. The second kappa shape index (κ2) is 5.55. The molecule has 0 unspecified atom stereocenters. The molecule has 0 saturated carbocycles. The smallest absolute Gasteiger partial charge is 0.142 e. The summed E-state index contributed by atoms with van der Waals surface area (Å²) >= 11 is 5.87. The predicted molar refractivity (Wildman–Crippen MR) is 61.3 cm³/mol. The van der Waals surface area contributed by atoms with Crippen molar-refractivity contribution in [2.75, 3.05) is 19.0 Å². The average molecular weight is 212 g/mol. The van der Waals surface area contributed by atoms with Crippen molar-refractivity contribution < 1.29 is 4.74 Å². The Hall–Kier alpha value is -1.15. The molecular formula is C11H14ClNO. The first kappa shape index (κ1) is 10.9. The molecule has 0 spiro atoms. The summed E-state index contributed by atoms with van der Waals surface area (Å²) < 4.78 is 5.18. The van der Waals surface area contributed by atoms with Crippen LogP contribution in [0.4, 0.5) is 5.69 Å². The number of hydrogen-bond donors (Lipinski definition) is 1.